The molecule has 4 heteroatoms. The molecule has 29 heavy (non-hydrogen) atoms. The Labute approximate surface area is 173 Å². The molecule has 158 valence electrons. The van der Waals surface area contributed by atoms with Crippen LogP contribution in [0.4, 0.5) is 0 Å². The minimum Gasteiger partial charge on any atom is -0.504 e. The first-order chi connectivity index (χ1) is 13.9. The van der Waals surface area contributed by atoms with E-state index >= 15 is 0 Å². The number of benzene rings is 1. The maximum absolute atomic E-state index is 11.7. The normalized spacial score (nSPS) is 45.4. The van der Waals surface area contributed by atoms with Gasteiger partial charge in [0.1, 0.15) is 11.7 Å². The quantitative estimate of drug-likeness (QED) is 0.785. The molecule has 4 nitrogen and oxygen atoms in total. The second kappa shape index (κ2) is 5.50. The van der Waals surface area contributed by atoms with E-state index < -0.39 is 11.2 Å². The molecule has 4 fully saturated rings. The fourth-order valence-electron chi connectivity index (χ4n) is 9.20. The summed E-state index contributed by atoms with van der Waals surface area (Å²) in [7, 11) is 1.82. The van der Waals surface area contributed by atoms with Gasteiger partial charge in [-0.05, 0) is 74.8 Å². The SMILES string of the molecule is CCCC(C)(O)[C@H]1C[C@@]23CC[C@]1(OC)[C@@H]1Oc4c(O)ccc5c4[C@@]12CCC[C@@H]3C5. The predicted octanol–water partition coefficient (Wildman–Crippen LogP) is 4.48. The van der Waals surface area contributed by atoms with Gasteiger partial charge in [-0.15, -0.1) is 0 Å². The molecule has 0 saturated heterocycles. The summed E-state index contributed by atoms with van der Waals surface area (Å²) in [6.07, 6.45) is 9.44. The summed E-state index contributed by atoms with van der Waals surface area (Å²) in [4.78, 5) is 0. The van der Waals surface area contributed by atoms with Gasteiger partial charge in [-0.25, -0.2) is 0 Å². The van der Waals surface area contributed by atoms with Crippen molar-refractivity contribution < 1.29 is 19.7 Å². The van der Waals surface area contributed by atoms with Crippen LogP contribution >= 0.6 is 0 Å². The van der Waals surface area contributed by atoms with Crippen LogP contribution in [-0.4, -0.2) is 34.6 Å². The number of phenols is 1. The minimum atomic E-state index is -0.769. The Bertz CT molecular complexity index is 878. The lowest BCUT2D eigenvalue weighted by molar-refractivity contribution is -0.299. The summed E-state index contributed by atoms with van der Waals surface area (Å²) in [6.45, 7) is 4.17. The molecule has 1 unspecified atom stereocenters. The van der Waals surface area contributed by atoms with Crippen molar-refractivity contribution in [3.63, 3.8) is 0 Å². The van der Waals surface area contributed by atoms with Crippen molar-refractivity contribution in [1.29, 1.82) is 0 Å². The number of aliphatic hydroxyl groups is 1. The zero-order valence-corrected chi connectivity index (χ0v) is 18.0. The van der Waals surface area contributed by atoms with Gasteiger partial charge in [-0.2, -0.15) is 0 Å². The van der Waals surface area contributed by atoms with Gasteiger partial charge < -0.3 is 19.7 Å². The number of aromatic hydroxyl groups is 1. The summed E-state index contributed by atoms with van der Waals surface area (Å²) in [5.41, 5.74) is 1.51. The molecular weight excluding hydrogens is 364 g/mol. The van der Waals surface area contributed by atoms with Crippen LogP contribution in [0.15, 0.2) is 12.1 Å². The molecule has 1 heterocycles. The van der Waals surface area contributed by atoms with Crippen molar-refractivity contribution in [2.24, 2.45) is 17.3 Å². The van der Waals surface area contributed by atoms with Crippen LogP contribution in [0, 0.1) is 17.3 Å². The number of hydrogen-bond acceptors (Lipinski definition) is 4. The van der Waals surface area contributed by atoms with Gasteiger partial charge in [0.25, 0.3) is 0 Å². The zero-order chi connectivity index (χ0) is 20.2. The number of ether oxygens (including phenoxy) is 2. The molecule has 4 bridgehead atoms. The summed E-state index contributed by atoms with van der Waals surface area (Å²) < 4.78 is 13.2. The Kier molecular flexibility index (Phi) is 3.51. The smallest absolute Gasteiger partial charge is 0.165 e. The lowest BCUT2D eigenvalue weighted by Crippen LogP contribution is -2.79. The molecule has 1 aromatic rings. The predicted molar refractivity (Wildman–Crippen MR) is 110 cm³/mol. The molecule has 6 aliphatic rings. The first kappa shape index (κ1) is 18.5. The largest absolute Gasteiger partial charge is 0.504 e. The molecule has 0 amide bonds. The van der Waals surface area contributed by atoms with Crippen LogP contribution in [0.1, 0.15) is 76.3 Å². The summed E-state index contributed by atoms with van der Waals surface area (Å²) in [5.74, 6) is 1.69. The van der Waals surface area contributed by atoms with Crippen LogP contribution in [0.2, 0.25) is 0 Å². The van der Waals surface area contributed by atoms with E-state index in [4.69, 9.17) is 9.47 Å². The molecule has 1 aromatic carbocycles. The average molecular weight is 399 g/mol. The minimum absolute atomic E-state index is 0.0606. The number of methoxy groups -OCH3 is 1. The Hall–Kier alpha value is -1.26. The topological polar surface area (TPSA) is 58.9 Å². The van der Waals surface area contributed by atoms with Crippen molar-refractivity contribution in [1.82, 2.24) is 0 Å². The van der Waals surface area contributed by atoms with E-state index in [1.165, 1.54) is 24.0 Å². The molecule has 7 atom stereocenters. The van der Waals surface area contributed by atoms with Crippen molar-refractivity contribution in [3.8, 4) is 11.5 Å². The van der Waals surface area contributed by atoms with Gasteiger partial charge >= 0.3 is 0 Å². The first-order valence-corrected chi connectivity index (χ1v) is 11.7. The van der Waals surface area contributed by atoms with E-state index in [1.807, 2.05) is 20.1 Å². The fourth-order valence-corrected chi connectivity index (χ4v) is 9.20. The molecule has 7 rings (SSSR count). The van der Waals surface area contributed by atoms with Crippen molar-refractivity contribution in [2.45, 2.75) is 94.4 Å². The fraction of sp³-hybridized carbons (Fsp3) is 0.760. The van der Waals surface area contributed by atoms with E-state index in [0.717, 1.165) is 50.7 Å². The van der Waals surface area contributed by atoms with E-state index in [9.17, 15) is 10.2 Å². The Morgan fingerprint density at radius 3 is 2.86 bits per heavy atom. The highest BCUT2D eigenvalue weighted by Crippen LogP contribution is 2.79. The molecule has 2 spiro atoms. The van der Waals surface area contributed by atoms with Gasteiger partial charge in [0.2, 0.25) is 0 Å². The van der Waals surface area contributed by atoms with Gasteiger partial charge in [0, 0.05) is 24.0 Å². The Morgan fingerprint density at radius 1 is 1.28 bits per heavy atom. The lowest BCUT2D eigenvalue weighted by atomic mass is 9.32. The molecule has 2 N–H and O–H groups in total. The number of phenolic OH excluding ortho intramolecular Hbond substituents is 1. The highest BCUT2D eigenvalue weighted by Gasteiger charge is 2.80. The van der Waals surface area contributed by atoms with E-state index in [1.54, 1.807) is 0 Å². The second-order valence-corrected chi connectivity index (χ2v) is 10.9. The molecule has 1 aliphatic heterocycles. The maximum atomic E-state index is 11.7. The summed E-state index contributed by atoms with van der Waals surface area (Å²) in [6, 6.07) is 3.96. The lowest BCUT2D eigenvalue weighted by Gasteiger charge is -2.73. The standard InChI is InChI=1S/C25H34O4/c1-4-9-22(2,27)18-14-23-11-12-25(18,28-3)21-24(23)10-5-6-16(23)13-15-7-8-17(26)20(29-21)19(15)24/h7-8,16,18,21,26-27H,4-6,9-14H2,1-3H3/t16-,18-,21-,22?,23-,24+,25-/m1/s1. The van der Waals surface area contributed by atoms with E-state index in [-0.39, 0.29) is 28.6 Å². The van der Waals surface area contributed by atoms with Gasteiger partial charge in [-0.1, -0.05) is 25.8 Å². The summed E-state index contributed by atoms with van der Waals surface area (Å²) in [5, 5.41) is 22.4. The summed E-state index contributed by atoms with van der Waals surface area (Å²) >= 11 is 0. The van der Waals surface area contributed by atoms with Gasteiger partial charge in [0.15, 0.2) is 11.5 Å². The van der Waals surface area contributed by atoms with Crippen LogP contribution in [-0.2, 0) is 16.6 Å². The third kappa shape index (κ3) is 1.82. The van der Waals surface area contributed by atoms with Crippen molar-refractivity contribution >= 4 is 0 Å². The van der Waals surface area contributed by atoms with Gasteiger partial charge in [0.05, 0.1) is 5.60 Å². The van der Waals surface area contributed by atoms with Crippen molar-refractivity contribution in [2.75, 3.05) is 7.11 Å². The Balaban J connectivity index is 1.63. The second-order valence-electron chi connectivity index (χ2n) is 10.9. The number of rotatable bonds is 4. The highest BCUT2D eigenvalue weighted by atomic mass is 16.6. The molecule has 0 radical (unpaired) electrons. The number of fused-ring (bicyclic) bond motifs is 2. The van der Waals surface area contributed by atoms with E-state index in [2.05, 4.69) is 13.0 Å². The molecule has 0 aromatic heterocycles. The molecule has 4 saturated carbocycles. The van der Waals surface area contributed by atoms with E-state index in [0.29, 0.717) is 5.92 Å². The first-order valence-electron chi connectivity index (χ1n) is 11.7. The molecule has 5 aliphatic carbocycles. The highest BCUT2D eigenvalue weighted by molar-refractivity contribution is 5.62. The third-order valence-corrected chi connectivity index (χ3v) is 10.1. The van der Waals surface area contributed by atoms with Crippen LogP contribution in [0.3, 0.4) is 0 Å². The maximum Gasteiger partial charge on any atom is 0.165 e. The van der Waals surface area contributed by atoms with Crippen molar-refractivity contribution in [3.05, 3.63) is 23.3 Å². The third-order valence-electron chi connectivity index (χ3n) is 10.1. The van der Waals surface area contributed by atoms with Gasteiger partial charge in [-0.3, -0.25) is 0 Å². The average Bonchev–Trinajstić information content (AvgIpc) is 3.06. The van der Waals surface area contributed by atoms with Crippen LogP contribution < -0.4 is 4.74 Å². The zero-order valence-electron chi connectivity index (χ0n) is 18.0. The number of hydrogen-bond donors (Lipinski definition) is 2. The van der Waals surface area contributed by atoms with Crippen LogP contribution in [0.25, 0.3) is 0 Å². The molecular formula is C25H34O4. The van der Waals surface area contributed by atoms with Crippen LogP contribution in [0.5, 0.6) is 11.5 Å². The Morgan fingerprint density at radius 2 is 2.10 bits per heavy atom. The monoisotopic (exact) mass is 398 g/mol.